The summed E-state index contributed by atoms with van der Waals surface area (Å²) in [6, 6.07) is 12.0. The third-order valence-electron chi connectivity index (χ3n) is 3.58. The highest BCUT2D eigenvalue weighted by molar-refractivity contribution is 6.36. The Kier molecular flexibility index (Phi) is 5.53. The summed E-state index contributed by atoms with van der Waals surface area (Å²) in [6.45, 7) is 0.179. The molecule has 0 aliphatic carbocycles. The minimum atomic E-state index is -0.559. The van der Waals surface area contributed by atoms with E-state index >= 15 is 0 Å². The van der Waals surface area contributed by atoms with Gasteiger partial charge in [-0.05, 0) is 42.0 Å². The fourth-order valence-electron chi connectivity index (χ4n) is 2.41. The summed E-state index contributed by atoms with van der Waals surface area (Å²) >= 11 is 18.1. The number of nitrogens with zero attached hydrogens (tertiary/aromatic N) is 1. The van der Waals surface area contributed by atoms with Gasteiger partial charge >= 0.3 is 0 Å². The quantitative estimate of drug-likeness (QED) is 0.541. The zero-order valence-corrected chi connectivity index (χ0v) is 15.5. The zero-order valence-electron chi connectivity index (χ0n) is 13.2. The first kappa shape index (κ1) is 18.3. The molecule has 26 heavy (non-hydrogen) atoms. The first-order valence-corrected chi connectivity index (χ1v) is 8.61. The van der Waals surface area contributed by atoms with Gasteiger partial charge in [-0.25, -0.2) is 0 Å². The molecule has 0 fully saturated rings. The van der Waals surface area contributed by atoms with E-state index < -0.39 is 5.91 Å². The molecule has 0 spiro atoms. The zero-order chi connectivity index (χ0) is 18.7. The number of carbonyl (C=O) groups is 1. The molecular weight excluding hydrogens is 395 g/mol. The lowest BCUT2D eigenvalue weighted by molar-refractivity contribution is -0.112. The van der Waals surface area contributed by atoms with Gasteiger partial charge in [0.2, 0.25) is 0 Å². The van der Waals surface area contributed by atoms with Crippen molar-refractivity contribution in [2.24, 2.45) is 0 Å². The van der Waals surface area contributed by atoms with Gasteiger partial charge in [0.05, 0.1) is 15.7 Å². The maximum Gasteiger partial charge on any atom is 0.266 e. The van der Waals surface area contributed by atoms with E-state index in [2.05, 4.69) is 5.32 Å². The van der Waals surface area contributed by atoms with Gasteiger partial charge < -0.3 is 10.1 Å². The van der Waals surface area contributed by atoms with Crippen molar-refractivity contribution in [1.29, 1.82) is 5.26 Å². The molecule has 1 N–H and O–H groups in total. The molecule has 2 aromatic carbocycles. The van der Waals surface area contributed by atoms with Gasteiger partial charge in [-0.15, -0.1) is 0 Å². The molecule has 0 bridgehead atoms. The second-order valence-corrected chi connectivity index (χ2v) is 6.67. The van der Waals surface area contributed by atoms with Gasteiger partial charge in [-0.3, -0.25) is 4.79 Å². The molecular formula is C19H11Cl3N2O2. The van der Waals surface area contributed by atoms with Gasteiger partial charge in [0, 0.05) is 10.6 Å². The second kappa shape index (κ2) is 7.84. The predicted octanol–water partition coefficient (Wildman–Crippen LogP) is 5.51. The number of nitrogens with one attached hydrogen (secondary N) is 1. The van der Waals surface area contributed by atoms with Crippen molar-refractivity contribution in [2.45, 2.75) is 0 Å². The van der Waals surface area contributed by atoms with Crippen molar-refractivity contribution in [3.8, 4) is 11.8 Å². The molecule has 2 aromatic rings. The number of amides is 1. The third-order valence-corrected chi connectivity index (χ3v) is 4.41. The summed E-state index contributed by atoms with van der Waals surface area (Å²) in [5, 5.41) is 13.2. The number of hydrogen-bond acceptors (Lipinski definition) is 3. The van der Waals surface area contributed by atoms with E-state index in [1.165, 1.54) is 6.08 Å². The SMILES string of the molecule is N#CC(=CC1=Cc2cc(Cl)cc(Cl)c2OC1)C(=O)Nc1ccccc1Cl. The summed E-state index contributed by atoms with van der Waals surface area (Å²) in [5.41, 5.74) is 1.68. The molecule has 0 aromatic heterocycles. The molecule has 0 saturated heterocycles. The summed E-state index contributed by atoms with van der Waals surface area (Å²) in [4.78, 5) is 12.4. The van der Waals surface area contributed by atoms with Crippen molar-refractivity contribution in [3.05, 3.63) is 74.3 Å². The number of ether oxygens (including phenoxy) is 1. The highest BCUT2D eigenvalue weighted by Crippen LogP contribution is 2.36. The van der Waals surface area contributed by atoms with E-state index in [1.54, 1.807) is 42.5 Å². The number of nitriles is 1. The molecule has 3 rings (SSSR count). The number of anilines is 1. The van der Waals surface area contributed by atoms with Crippen molar-refractivity contribution >= 4 is 52.5 Å². The molecule has 0 saturated carbocycles. The van der Waals surface area contributed by atoms with Crippen LogP contribution in [-0.4, -0.2) is 12.5 Å². The Bertz CT molecular complexity index is 991. The van der Waals surface area contributed by atoms with Crippen molar-refractivity contribution in [1.82, 2.24) is 0 Å². The number of para-hydroxylation sites is 1. The van der Waals surface area contributed by atoms with Crippen LogP contribution in [0.5, 0.6) is 5.75 Å². The number of benzene rings is 2. The van der Waals surface area contributed by atoms with Crippen LogP contribution in [0.25, 0.3) is 6.08 Å². The topological polar surface area (TPSA) is 62.1 Å². The standard InChI is InChI=1S/C19H11Cl3N2O2/c20-14-7-12-5-11(10-26-18(12)16(22)8-14)6-13(9-23)19(25)24-17-4-2-1-3-15(17)21/h1-8H,10H2,(H,24,25). The Labute approximate surface area is 165 Å². The van der Waals surface area contributed by atoms with Crippen LogP contribution in [0.3, 0.4) is 0 Å². The normalized spacial score (nSPS) is 13.2. The fraction of sp³-hybridized carbons (Fsp3) is 0.0526. The molecule has 1 amide bonds. The van der Waals surface area contributed by atoms with Crippen LogP contribution in [-0.2, 0) is 4.79 Å². The number of carbonyl (C=O) groups excluding carboxylic acids is 1. The van der Waals surface area contributed by atoms with Crippen molar-refractivity contribution < 1.29 is 9.53 Å². The monoisotopic (exact) mass is 404 g/mol. The van der Waals surface area contributed by atoms with Crippen LogP contribution in [0.2, 0.25) is 15.1 Å². The van der Waals surface area contributed by atoms with Gasteiger partial charge in [0.25, 0.3) is 5.91 Å². The van der Waals surface area contributed by atoms with E-state index in [4.69, 9.17) is 39.5 Å². The Hall–Kier alpha value is -2.45. The minimum absolute atomic E-state index is 0.0728. The van der Waals surface area contributed by atoms with E-state index in [-0.39, 0.29) is 12.2 Å². The fourth-order valence-corrected chi connectivity index (χ4v) is 3.15. The van der Waals surface area contributed by atoms with E-state index in [0.717, 1.165) is 0 Å². The largest absolute Gasteiger partial charge is 0.487 e. The molecule has 1 heterocycles. The number of rotatable bonds is 3. The van der Waals surface area contributed by atoms with Crippen molar-refractivity contribution in [3.63, 3.8) is 0 Å². The Morgan fingerprint density at radius 2 is 1.96 bits per heavy atom. The first-order valence-electron chi connectivity index (χ1n) is 7.48. The molecule has 130 valence electrons. The van der Waals surface area contributed by atoms with E-state index in [1.807, 2.05) is 6.07 Å². The second-order valence-electron chi connectivity index (χ2n) is 5.42. The molecule has 1 aliphatic heterocycles. The summed E-state index contributed by atoms with van der Waals surface area (Å²) in [5.74, 6) is -0.0383. The van der Waals surface area contributed by atoms with Crippen LogP contribution < -0.4 is 10.1 Å². The van der Waals surface area contributed by atoms with Crippen LogP contribution in [0, 0.1) is 11.3 Å². The van der Waals surface area contributed by atoms with Gasteiger partial charge in [0.15, 0.2) is 0 Å². The van der Waals surface area contributed by atoms with Gasteiger partial charge in [-0.1, -0.05) is 46.9 Å². The lowest BCUT2D eigenvalue weighted by Gasteiger charge is -2.18. The Morgan fingerprint density at radius 1 is 1.19 bits per heavy atom. The number of halogens is 3. The molecule has 0 unspecified atom stereocenters. The van der Waals surface area contributed by atoms with Gasteiger partial charge in [-0.2, -0.15) is 5.26 Å². The Morgan fingerprint density at radius 3 is 2.69 bits per heavy atom. The highest BCUT2D eigenvalue weighted by atomic mass is 35.5. The smallest absolute Gasteiger partial charge is 0.266 e. The Balaban J connectivity index is 1.87. The number of fused-ring (bicyclic) bond motifs is 1. The first-order chi connectivity index (χ1) is 12.5. The highest BCUT2D eigenvalue weighted by Gasteiger charge is 2.17. The molecule has 0 radical (unpaired) electrons. The van der Waals surface area contributed by atoms with E-state index in [0.29, 0.717) is 37.6 Å². The maximum atomic E-state index is 12.4. The predicted molar refractivity (Wildman–Crippen MR) is 104 cm³/mol. The third kappa shape index (κ3) is 4.03. The summed E-state index contributed by atoms with van der Waals surface area (Å²) in [7, 11) is 0. The van der Waals surface area contributed by atoms with E-state index in [9.17, 15) is 10.1 Å². The lowest BCUT2D eigenvalue weighted by Crippen LogP contribution is -2.15. The maximum absolute atomic E-state index is 12.4. The minimum Gasteiger partial charge on any atom is -0.487 e. The summed E-state index contributed by atoms with van der Waals surface area (Å²) in [6.07, 6.45) is 3.24. The van der Waals surface area contributed by atoms with Crippen LogP contribution in [0.15, 0.2) is 53.6 Å². The van der Waals surface area contributed by atoms with Crippen molar-refractivity contribution in [2.75, 3.05) is 11.9 Å². The molecule has 1 aliphatic rings. The lowest BCUT2D eigenvalue weighted by atomic mass is 10.0. The molecule has 4 nitrogen and oxygen atoms in total. The molecule has 0 atom stereocenters. The average Bonchev–Trinajstić information content (AvgIpc) is 2.61. The van der Waals surface area contributed by atoms with Crippen LogP contribution >= 0.6 is 34.8 Å². The van der Waals surface area contributed by atoms with Crippen LogP contribution in [0.1, 0.15) is 5.56 Å². The molecule has 7 heteroatoms. The van der Waals surface area contributed by atoms with Crippen LogP contribution in [0.4, 0.5) is 5.69 Å². The summed E-state index contributed by atoms with van der Waals surface area (Å²) < 4.78 is 5.62. The van der Waals surface area contributed by atoms with Gasteiger partial charge in [0.1, 0.15) is 24.0 Å². The number of hydrogen-bond donors (Lipinski definition) is 1. The average molecular weight is 406 g/mol.